The van der Waals surface area contributed by atoms with Crippen molar-refractivity contribution >= 4 is 0 Å². The summed E-state index contributed by atoms with van der Waals surface area (Å²) >= 11 is 0. The molecule has 0 heterocycles. The van der Waals surface area contributed by atoms with Crippen molar-refractivity contribution < 1.29 is 45.3 Å². The van der Waals surface area contributed by atoms with Gasteiger partial charge in [0, 0.05) is 59.6 Å². The lowest BCUT2D eigenvalue weighted by Gasteiger charge is -2.23. The highest BCUT2D eigenvalue weighted by Crippen LogP contribution is 2.38. The normalized spacial score (nSPS) is 11.6. The Kier molecular flexibility index (Phi) is 9.07. The van der Waals surface area contributed by atoms with Crippen LogP contribution in [0.1, 0.15) is 11.1 Å². The number of likely N-dealkylation sites (N-methyl/N-ethyl adjacent to an activating group) is 2. The van der Waals surface area contributed by atoms with Crippen LogP contribution < -0.4 is 0 Å². The lowest BCUT2D eigenvalue weighted by Crippen LogP contribution is -2.30. The molecule has 0 spiro atoms. The van der Waals surface area contributed by atoms with Crippen LogP contribution in [0.15, 0.2) is 48.5 Å². The molecule has 0 saturated heterocycles. The number of aromatic hydroxyl groups is 2. The lowest BCUT2D eigenvalue weighted by atomic mass is 9.99. The smallest absolute Gasteiger partial charge is 0.195 e. The Labute approximate surface area is 235 Å². The summed E-state index contributed by atoms with van der Waals surface area (Å²) < 4.78 is 112. The summed E-state index contributed by atoms with van der Waals surface area (Å²) in [5, 5.41) is 21.4. The Morgan fingerprint density at radius 1 is 0.500 bits per heavy atom. The number of hydrogen-bond acceptors (Lipinski definition) is 4. The highest BCUT2D eigenvalue weighted by molar-refractivity contribution is 5.73. The molecule has 0 aromatic heterocycles. The maximum Gasteiger partial charge on any atom is 0.195 e. The van der Waals surface area contributed by atoms with E-state index in [-0.39, 0.29) is 48.4 Å². The summed E-state index contributed by atoms with van der Waals surface area (Å²) in [6, 6.07) is 6.72. The average Bonchev–Trinajstić information content (AvgIpc) is 2.93. The van der Waals surface area contributed by atoms with Crippen molar-refractivity contribution in [2.24, 2.45) is 0 Å². The highest BCUT2D eigenvalue weighted by atomic mass is 19.2. The topological polar surface area (TPSA) is 46.9 Å². The third-order valence-electron chi connectivity index (χ3n) is 6.70. The quantitative estimate of drug-likeness (QED) is 0.160. The largest absolute Gasteiger partial charge is 0.507 e. The standard InChI is InChI=1S/C30H24F8N2O2/c1-39(13-15-9-17(31)11-21(29(15)41)19-3-5-23(33)27(37)25(19)35)7-8-40(2)14-16-10-18(32)12-22(30(16)42)20-4-6-24(34)28(38)26(20)36/h3-6,9-12,41-42H,7-8,13-14H2,1-2H3. The zero-order valence-corrected chi connectivity index (χ0v) is 22.3. The molecule has 4 nitrogen and oxygen atoms in total. The second-order valence-electron chi connectivity index (χ2n) is 9.84. The minimum absolute atomic E-state index is 0.0412. The van der Waals surface area contributed by atoms with Crippen LogP contribution in [-0.2, 0) is 13.1 Å². The summed E-state index contributed by atoms with van der Waals surface area (Å²) in [4.78, 5) is 3.31. The molecule has 0 bridgehead atoms. The van der Waals surface area contributed by atoms with Crippen molar-refractivity contribution in [3.8, 4) is 33.8 Å². The zero-order chi connectivity index (χ0) is 30.9. The summed E-state index contributed by atoms with van der Waals surface area (Å²) in [6.07, 6.45) is 0. The molecule has 0 saturated carbocycles. The van der Waals surface area contributed by atoms with Crippen LogP contribution in [0.25, 0.3) is 22.3 Å². The van der Waals surface area contributed by atoms with Crippen molar-refractivity contribution in [3.05, 3.63) is 106 Å². The van der Waals surface area contributed by atoms with Gasteiger partial charge in [-0.05, 0) is 62.6 Å². The lowest BCUT2D eigenvalue weighted by molar-refractivity contribution is 0.243. The first kappa shape index (κ1) is 30.8. The van der Waals surface area contributed by atoms with Gasteiger partial charge in [0.1, 0.15) is 23.1 Å². The van der Waals surface area contributed by atoms with Crippen LogP contribution in [0.4, 0.5) is 35.1 Å². The van der Waals surface area contributed by atoms with E-state index in [0.29, 0.717) is 12.1 Å². The summed E-state index contributed by atoms with van der Waals surface area (Å²) in [5.41, 5.74) is -1.68. The molecule has 0 atom stereocenters. The van der Waals surface area contributed by atoms with Crippen LogP contribution in [-0.4, -0.2) is 47.2 Å². The molecule has 4 rings (SSSR count). The van der Waals surface area contributed by atoms with Gasteiger partial charge in [0.05, 0.1) is 0 Å². The average molecular weight is 597 g/mol. The van der Waals surface area contributed by atoms with Gasteiger partial charge in [-0.3, -0.25) is 0 Å². The molecule has 42 heavy (non-hydrogen) atoms. The molecule has 0 aliphatic rings. The Morgan fingerprint density at radius 3 is 1.21 bits per heavy atom. The number of phenolic OH excluding ortho intramolecular Hbond substituents is 2. The first-order valence-electron chi connectivity index (χ1n) is 12.5. The number of hydrogen-bond donors (Lipinski definition) is 2. The SMILES string of the molecule is CN(CCN(C)Cc1cc(F)cc(-c2ccc(F)c(F)c2F)c1O)Cc1cc(F)cc(-c2ccc(F)c(F)c2F)c1O. The first-order chi connectivity index (χ1) is 19.8. The molecule has 0 radical (unpaired) electrons. The highest BCUT2D eigenvalue weighted by Gasteiger charge is 2.22. The third kappa shape index (κ3) is 6.34. The Hall–Kier alpha value is -4.16. The van der Waals surface area contributed by atoms with Crippen molar-refractivity contribution in [1.29, 1.82) is 0 Å². The van der Waals surface area contributed by atoms with E-state index in [1.165, 1.54) is 0 Å². The number of benzene rings is 4. The van der Waals surface area contributed by atoms with Crippen LogP contribution >= 0.6 is 0 Å². The number of nitrogens with zero attached hydrogens (tertiary/aromatic N) is 2. The van der Waals surface area contributed by atoms with Gasteiger partial charge in [-0.25, -0.2) is 35.1 Å². The fourth-order valence-electron chi connectivity index (χ4n) is 4.51. The second-order valence-corrected chi connectivity index (χ2v) is 9.84. The maximum absolute atomic E-state index is 14.4. The van der Waals surface area contributed by atoms with E-state index in [0.717, 1.165) is 36.4 Å². The molecule has 0 amide bonds. The Morgan fingerprint density at radius 2 is 0.857 bits per heavy atom. The maximum atomic E-state index is 14.4. The molecule has 2 N–H and O–H groups in total. The number of rotatable bonds is 9. The molecule has 0 fully saturated rings. The molecule has 12 heteroatoms. The molecule has 4 aromatic rings. The van der Waals surface area contributed by atoms with Gasteiger partial charge >= 0.3 is 0 Å². The van der Waals surface area contributed by atoms with Crippen molar-refractivity contribution in [3.63, 3.8) is 0 Å². The number of halogens is 8. The molecular formula is C30H24F8N2O2. The van der Waals surface area contributed by atoms with Gasteiger partial charge < -0.3 is 20.0 Å². The van der Waals surface area contributed by atoms with E-state index >= 15 is 0 Å². The van der Waals surface area contributed by atoms with Gasteiger partial charge in [0.15, 0.2) is 34.9 Å². The fraction of sp³-hybridized carbons (Fsp3) is 0.200. The van der Waals surface area contributed by atoms with Crippen LogP contribution in [0.5, 0.6) is 11.5 Å². The first-order valence-corrected chi connectivity index (χ1v) is 12.5. The second kappa shape index (κ2) is 12.4. The Balaban J connectivity index is 1.47. The summed E-state index contributed by atoms with van der Waals surface area (Å²) in [7, 11) is 3.25. The monoisotopic (exact) mass is 596 g/mol. The van der Waals surface area contributed by atoms with Crippen molar-refractivity contribution in [2.75, 3.05) is 27.2 Å². The predicted octanol–water partition coefficient (Wildman–Crippen LogP) is 7.11. The third-order valence-corrected chi connectivity index (χ3v) is 6.70. The van der Waals surface area contributed by atoms with Crippen LogP contribution in [0.3, 0.4) is 0 Å². The summed E-state index contributed by atoms with van der Waals surface area (Å²) in [6.45, 7) is 0.477. The van der Waals surface area contributed by atoms with E-state index in [2.05, 4.69) is 0 Å². The van der Waals surface area contributed by atoms with E-state index < -0.39 is 69.2 Å². The molecule has 222 valence electrons. The van der Waals surface area contributed by atoms with Crippen molar-refractivity contribution in [1.82, 2.24) is 9.80 Å². The molecule has 0 unspecified atom stereocenters. The summed E-state index contributed by atoms with van der Waals surface area (Å²) in [5.74, 6) is -12.3. The minimum Gasteiger partial charge on any atom is -0.507 e. The zero-order valence-electron chi connectivity index (χ0n) is 22.3. The minimum atomic E-state index is -1.76. The number of phenols is 2. The Bertz CT molecular complexity index is 1530. The van der Waals surface area contributed by atoms with Gasteiger partial charge in [0.25, 0.3) is 0 Å². The van der Waals surface area contributed by atoms with E-state index in [1.807, 2.05) is 0 Å². The van der Waals surface area contributed by atoms with Crippen LogP contribution in [0, 0.1) is 46.5 Å². The van der Waals surface area contributed by atoms with Crippen LogP contribution in [0.2, 0.25) is 0 Å². The molecule has 0 aliphatic heterocycles. The molecule has 0 aliphatic carbocycles. The van der Waals surface area contributed by atoms with Gasteiger partial charge in [-0.15, -0.1) is 0 Å². The van der Waals surface area contributed by atoms with Gasteiger partial charge in [-0.1, -0.05) is 0 Å². The fourth-order valence-corrected chi connectivity index (χ4v) is 4.51. The van der Waals surface area contributed by atoms with E-state index in [4.69, 9.17) is 0 Å². The van der Waals surface area contributed by atoms with E-state index in [9.17, 15) is 45.3 Å². The van der Waals surface area contributed by atoms with Crippen molar-refractivity contribution in [2.45, 2.75) is 13.1 Å². The van der Waals surface area contributed by atoms with E-state index in [1.54, 1.807) is 23.9 Å². The van der Waals surface area contributed by atoms with Gasteiger partial charge in [-0.2, -0.15) is 0 Å². The molecular weight excluding hydrogens is 572 g/mol. The predicted molar refractivity (Wildman–Crippen MR) is 139 cm³/mol. The molecule has 4 aromatic carbocycles. The van der Waals surface area contributed by atoms with Gasteiger partial charge in [0.2, 0.25) is 0 Å².